The molecule has 0 radical (unpaired) electrons. The van der Waals surface area contributed by atoms with Gasteiger partial charge in [-0.15, -0.1) is 0 Å². The van der Waals surface area contributed by atoms with E-state index in [1.54, 1.807) is 13.8 Å². The number of carbonyl (C=O) groups excluding carboxylic acids is 1. The van der Waals surface area contributed by atoms with Gasteiger partial charge in [-0.1, -0.05) is 39.5 Å². The SMILES string of the molecule is C.COc1cc(F)c([N+](=O)[O-])cc1Nc1ncc(NC(=O)C(C)C)c(-c2cn(C)c3ccccc23)n1. The molecule has 2 aromatic heterocycles. The fourth-order valence-corrected chi connectivity index (χ4v) is 3.62. The Labute approximate surface area is 207 Å². The van der Waals surface area contributed by atoms with Crippen LogP contribution in [-0.2, 0) is 11.8 Å². The Hall–Kier alpha value is -4.54. The summed E-state index contributed by atoms with van der Waals surface area (Å²) >= 11 is 0. The number of aryl methyl sites for hydroxylation is 1. The zero-order chi connectivity index (χ0) is 25.3. The molecule has 2 aromatic carbocycles. The summed E-state index contributed by atoms with van der Waals surface area (Å²) in [5, 5.41) is 17.9. The minimum atomic E-state index is -1.03. The predicted octanol–water partition coefficient (Wildman–Crippen LogP) is 5.67. The van der Waals surface area contributed by atoms with Crippen molar-refractivity contribution in [2.45, 2.75) is 21.3 Å². The number of nitro groups is 1. The van der Waals surface area contributed by atoms with E-state index in [0.717, 1.165) is 28.6 Å². The standard InChI is InChI=1S/C24H23FN6O4.CH4/c1-13(2)23(32)27-18-11-26-24(28-17-10-20(31(33)34)16(25)9-21(17)35-4)29-22(18)15-12-30(3)19-8-6-5-7-14(15)19;/h5-13H,1-4H3,(H,27,32)(H,26,28,29);1H4. The first-order valence-corrected chi connectivity index (χ1v) is 10.7. The van der Waals surface area contributed by atoms with Gasteiger partial charge >= 0.3 is 5.69 Å². The number of nitro benzene ring substituents is 1. The molecular formula is C25H27FN6O4. The Morgan fingerprint density at radius 3 is 2.61 bits per heavy atom. The minimum absolute atomic E-state index is 0. The lowest BCUT2D eigenvalue weighted by Gasteiger charge is -2.14. The fourth-order valence-electron chi connectivity index (χ4n) is 3.62. The van der Waals surface area contributed by atoms with Gasteiger partial charge in [0.2, 0.25) is 17.7 Å². The topological polar surface area (TPSA) is 124 Å². The number of benzene rings is 2. The molecule has 188 valence electrons. The smallest absolute Gasteiger partial charge is 0.307 e. The van der Waals surface area contributed by atoms with Crippen molar-refractivity contribution in [3.05, 3.63) is 64.7 Å². The third-order valence-electron chi connectivity index (χ3n) is 5.44. The summed E-state index contributed by atoms with van der Waals surface area (Å²) in [6, 6.07) is 9.68. The second kappa shape index (κ2) is 10.4. The van der Waals surface area contributed by atoms with Gasteiger partial charge in [0, 0.05) is 47.8 Å². The van der Waals surface area contributed by atoms with E-state index in [0.29, 0.717) is 11.4 Å². The van der Waals surface area contributed by atoms with E-state index in [1.807, 2.05) is 42.1 Å². The first-order chi connectivity index (χ1) is 16.7. The number of nitrogens with zero attached hydrogens (tertiary/aromatic N) is 4. The molecule has 10 nitrogen and oxygen atoms in total. The maximum atomic E-state index is 14.1. The van der Waals surface area contributed by atoms with Crippen molar-refractivity contribution in [2.24, 2.45) is 13.0 Å². The molecule has 1 amide bonds. The molecule has 0 aliphatic heterocycles. The lowest BCUT2D eigenvalue weighted by molar-refractivity contribution is -0.387. The fraction of sp³-hybridized carbons (Fsp3) is 0.240. The van der Waals surface area contributed by atoms with Crippen LogP contribution in [0.2, 0.25) is 0 Å². The van der Waals surface area contributed by atoms with Gasteiger partial charge in [-0.05, 0) is 6.07 Å². The van der Waals surface area contributed by atoms with Gasteiger partial charge in [0.15, 0.2) is 0 Å². The molecule has 11 heteroatoms. The molecule has 4 aromatic rings. The molecule has 2 N–H and O–H groups in total. The largest absolute Gasteiger partial charge is 0.494 e. The maximum Gasteiger partial charge on any atom is 0.307 e. The van der Waals surface area contributed by atoms with Crippen LogP contribution in [0.3, 0.4) is 0 Å². The van der Waals surface area contributed by atoms with Gasteiger partial charge in [-0.25, -0.2) is 9.97 Å². The maximum absolute atomic E-state index is 14.1. The third kappa shape index (κ3) is 4.95. The summed E-state index contributed by atoms with van der Waals surface area (Å²) in [6.45, 7) is 3.55. The predicted molar refractivity (Wildman–Crippen MR) is 137 cm³/mol. The van der Waals surface area contributed by atoms with E-state index in [2.05, 4.69) is 20.6 Å². The van der Waals surface area contributed by atoms with Crippen molar-refractivity contribution in [2.75, 3.05) is 17.7 Å². The molecule has 0 saturated heterocycles. The molecule has 0 bridgehead atoms. The molecule has 2 heterocycles. The van der Waals surface area contributed by atoms with Crippen molar-refractivity contribution in [1.29, 1.82) is 0 Å². The van der Waals surface area contributed by atoms with Gasteiger partial charge < -0.3 is 19.9 Å². The highest BCUT2D eigenvalue weighted by Crippen LogP contribution is 2.36. The van der Waals surface area contributed by atoms with E-state index >= 15 is 0 Å². The number of amides is 1. The number of carbonyl (C=O) groups is 1. The van der Waals surface area contributed by atoms with E-state index in [1.165, 1.54) is 13.3 Å². The summed E-state index contributed by atoms with van der Waals surface area (Å²) < 4.78 is 21.2. The third-order valence-corrected chi connectivity index (χ3v) is 5.44. The Bertz CT molecular complexity index is 1450. The van der Waals surface area contributed by atoms with Crippen LogP contribution in [0.15, 0.2) is 48.8 Å². The summed E-state index contributed by atoms with van der Waals surface area (Å²) in [7, 11) is 3.22. The van der Waals surface area contributed by atoms with Gasteiger partial charge in [0.25, 0.3) is 0 Å². The normalized spacial score (nSPS) is 10.7. The molecule has 36 heavy (non-hydrogen) atoms. The number of anilines is 3. The molecular weight excluding hydrogens is 467 g/mol. The minimum Gasteiger partial charge on any atom is -0.494 e. The number of methoxy groups -OCH3 is 1. The quantitative estimate of drug-likeness (QED) is 0.251. The van der Waals surface area contributed by atoms with Crippen LogP contribution in [0.1, 0.15) is 21.3 Å². The monoisotopic (exact) mass is 494 g/mol. The Morgan fingerprint density at radius 1 is 1.22 bits per heavy atom. The summed E-state index contributed by atoms with van der Waals surface area (Å²) in [6.07, 6.45) is 3.35. The number of hydrogen-bond acceptors (Lipinski definition) is 7. The van der Waals surface area contributed by atoms with E-state index in [-0.39, 0.29) is 36.6 Å². The highest BCUT2D eigenvalue weighted by molar-refractivity contribution is 6.01. The zero-order valence-electron chi connectivity index (χ0n) is 19.5. The lowest BCUT2D eigenvalue weighted by atomic mass is 10.1. The Balaban J connectivity index is 0.00000361. The summed E-state index contributed by atoms with van der Waals surface area (Å²) in [5.41, 5.74) is 1.97. The van der Waals surface area contributed by atoms with Crippen molar-refractivity contribution < 1.29 is 18.8 Å². The molecule has 0 fully saturated rings. The van der Waals surface area contributed by atoms with Crippen LogP contribution >= 0.6 is 0 Å². The first kappa shape index (κ1) is 26.1. The average molecular weight is 495 g/mol. The molecule has 0 unspecified atom stereocenters. The van der Waals surface area contributed by atoms with Crippen molar-refractivity contribution in [3.63, 3.8) is 0 Å². The molecule has 4 rings (SSSR count). The number of ether oxygens (including phenoxy) is 1. The number of para-hydroxylation sites is 1. The Kier molecular flexibility index (Phi) is 7.52. The van der Waals surface area contributed by atoms with Gasteiger partial charge in [0.05, 0.1) is 29.6 Å². The number of fused-ring (bicyclic) bond motifs is 1. The van der Waals surface area contributed by atoms with E-state index in [9.17, 15) is 19.3 Å². The van der Waals surface area contributed by atoms with Crippen LogP contribution in [0, 0.1) is 21.8 Å². The zero-order valence-corrected chi connectivity index (χ0v) is 19.5. The highest BCUT2D eigenvalue weighted by atomic mass is 19.1. The molecule has 0 spiro atoms. The van der Waals surface area contributed by atoms with Crippen LogP contribution in [0.4, 0.5) is 27.4 Å². The lowest BCUT2D eigenvalue weighted by Crippen LogP contribution is -2.19. The Morgan fingerprint density at radius 2 is 1.94 bits per heavy atom. The molecule has 0 saturated carbocycles. The van der Waals surface area contributed by atoms with Gasteiger partial charge in [0.1, 0.15) is 11.4 Å². The number of halogens is 1. The van der Waals surface area contributed by atoms with Crippen LogP contribution in [0.25, 0.3) is 22.2 Å². The van der Waals surface area contributed by atoms with Crippen molar-refractivity contribution >= 4 is 39.8 Å². The molecule has 0 aliphatic rings. The van der Waals surface area contributed by atoms with Crippen LogP contribution < -0.4 is 15.4 Å². The molecule has 0 aliphatic carbocycles. The second-order valence-electron chi connectivity index (χ2n) is 8.16. The summed E-state index contributed by atoms with van der Waals surface area (Å²) in [5.74, 6) is -1.37. The number of nitrogens with one attached hydrogen (secondary N) is 2. The van der Waals surface area contributed by atoms with Crippen LogP contribution in [-0.4, -0.2) is 32.5 Å². The van der Waals surface area contributed by atoms with Gasteiger partial charge in [-0.2, -0.15) is 4.39 Å². The summed E-state index contributed by atoms with van der Waals surface area (Å²) in [4.78, 5) is 31.7. The van der Waals surface area contributed by atoms with Crippen LogP contribution in [0.5, 0.6) is 5.75 Å². The van der Waals surface area contributed by atoms with E-state index < -0.39 is 16.4 Å². The van der Waals surface area contributed by atoms with Gasteiger partial charge in [-0.3, -0.25) is 14.9 Å². The van der Waals surface area contributed by atoms with Crippen molar-refractivity contribution in [3.8, 4) is 17.0 Å². The molecule has 0 atom stereocenters. The van der Waals surface area contributed by atoms with Crippen molar-refractivity contribution in [1.82, 2.24) is 14.5 Å². The number of hydrogen-bond donors (Lipinski definition) is 2. The second-order valence-corrected chi connectivity index (χ2v) is 8.16. The average Bonchev–Trinajstić information content (AvgIpc) is 3.17. The number of rotatable bonds is 7. The van der Waals surface area contributed by atoms with E-state index in [4.69, 9.17) is 4.74 Å². The first-order valence-electron chi connectivity index (χ1n) is 10.7. The number of aromatic nitrogens is 3. The highest BCUT2D eigenvalue weighted by Gasteiger charge is 2.21.